The van der Waals surface area contributed by atoms with Gasteiger partial charge < -0.3 is 15.9 Å². The maximum atomic E-state index is 9.64. The summed E-state index contributed by atoms with van der Waals surface area (Å²) in [6.45, 7) is 2.98. The minimum absolute atomic E-state index is 0.296. The number of carboxylic acids is 2. The number of nitrogens with two attached hydrogens (primary N) is 1. The molecule has 0 fully saturated rings. The number of carboxylic acid groups (broad SMARTS) is 2. The largest absolute Gasteiger partial charge is 0.481 e. The van der Waals surface area contributed by atoms with E-state index < -0.39 is 11.9 Å². The lowest BCUT2D eigenvalue weighted by Crippen LogP contribution is -2.00. The summed E-state index contributed by atoms with van der Waals surface area (Å²) in [4.78, 5) is 19.3. The number of rotatable bonds is 5. The summed E-state index contributed by atoms with van der Waals surface area (Å²) in [6.07, 6.45) is 1.79. The predicted molar refractivity (Wildman–Crippen MR) is 48.5 cm³/mol. The Morgan fingerprint density at radius 1 is 1.15 bits per heavy atom. The van der Waals surface area contributed by atoms with Crippen molar-refractivity contribution in [1.29, 1.82) is 0 Å². The van der Waals surface area contributed by atoms with E-state index in [1.807, 2.05) is 0 Å². The van der Waals surface area contributed by atoms with Gasteiger partial charge in [-0.3, -0.25) is 9.59 Å². The first kappa shape index (κ1) is 14.4. The average molecular weight is 191 g/mol. The van der Waals surface area contributed by atoms with E-state index in [9.17, 15) is 9.59 Å². The van der Waals surface area contributed by atoms with E-state index in [4.69, 9.17) is 15.9 Å². The third-order valence-electron chi connectivity index (χ3n) is 1.11. The zero-order chi connectivity index (χ0) is 10.7. The van der Waals surface area contributed by atoms with Crippen LogP contribution in [-0.4, -0.2) is 28.7 Å². The monoisotopic (exact) mass is 191 g/mol. The van der Waals surface area contributed by atoms with Gasteiger partial charge >= 0.3 is 11.9 Å². The highest BCUT2D eigenvalue weighted by atomic mass is 16.4. The summed E-state index contributed by atoms with van der Waals surface area (Å²) in [6, 6.07) is 0. The summed E-state index contributed by atoms with van der Waals surface area (Å²) in [7, 11) is 0. The van der Waals surface area contributed by atoms with Crippen molar-refractivity contribution in [2.24, 2.45) is 5.73 Å². The lowest BCUT2D eigenvalue weighted by atomic mass is 10.3. The molecular formula is C8H17NO4. The quantitative estimate of drug-likeness (QED) is 0.593. The Hall–Kier alpha value is -1.10. The molecule has 0 saturated carbocycles. The van der Waals surface area contributed by atoms with E-state index >= 15 is 0 Å². The lowest BCUT2D eigenvalue weighted by molar-refractivity contribution is -0.143. The van der Waals surface area contributed by atoms with Gasteiger partial charge in [-0.15, -0.1) is 0 Å². The van der Waals surface area contributed by atoms with Gasteiger partial charge in [-0.05, 0) is 13.0 Å². The predicted octanol–water partition coefficient (Wildman–Crippen LogP) is 0.681. The van der Waals surface area contributed by atoms with Crippen LogP contribution < -0.4 is 5.73 Å². The Morgan fingerprint density at radius 2 is 1.54 bits per heavy atom. The van der Waals surface area contributed by atoms with Crippen LogP contribution in [0.5, 0.6) is 0 Å². The zero-order valence-electron chi connectivity index (χ0n) is 7.82. The molecule has 0 unspecified atom stereocenters. The van der Waals surface area contributed by atoms with Gasteiger partial charge in [0.1, 0.15) is 0 Å². The molecule has 0 aliphatic rings. The molecular weight excluding hydrogens is 174 g/mol. The van der Waals surface area contributed by atoms with Gasteiger partial charge in [0.15, 0.2) is 0 Å². The molecule has 5 nitrogen and oxygen atoms in total. The van der Waals surface area contributed by atoms with Crippen molar-refractivity contribution in [3.05, 3.63) is 0 Å². The first-order valence-corrected chi connectivity index (χ1v) is 4.18. The third kappa shape index (κ3) is 24.8. The van der Waals surface area contributed by atoms with Gasteiger partial charge in [-0.1, -0.05) is 13.3 Å². The van der Waals surface area contributed by atoms with E-state index in [0.29, 0.717) is 0 Å². The van der Waals surface area contributed by atoms with Crippen molar-refractivity contribution in [1.82, 2.24) is 0 Å². The van der Waals surface area contributed by atoms with Crippen LogP contribution in [0.3, 0.4) is 0 Å². The van der Waals surface area contributed by atoms with Crippen molar-refractivity contribution in [2.75, 3.05) is 6.54 Å². The minimum atomic E-state index is -1.08. The Labute approximate surface area is 77.6 Å². The molecule has 0 amide bonds. The van der Waals surface area contributed by atoms with Crippen molar-refractivity contribution in [2.45, 2.75) is 32.6 Å². The van der Waals surface area contributed by atoms with Crippen LogP contribution in [0.4, 0.5) is 0 Å². The molecule has 4 N–H and O–H groups in total. The second-order valence-electron chi connectivity index (χ2n) is 2.43. The van der Waals surface area contributed by atoms with Crippen molar-refractivity contribution >= 4 is 11.9 Å². The first-order valence-electron chi connectivity index (χ1n) is 4.18. The second kappa shape index (κ2) is 10.9. The van der Waals surface area contributed by atoms with E-state index in [1.54, 1.807) is 0 Å². The molecule has 78 valence electrons. The van der Waals surface area contributed by atoms with Gasteiger partial charge in [0.25, 0.3) is 0 Å². The van der Waals surface area contributed by atoms with Gasteiger partial charge in [0, 0.05) is 0 Å². The molecule has 13 heavy (non-hydrogen) atoms. The van der Waals surface area contributed by atoms with Crippen LogP contribution in [0.1, 0.15) is 32.6 Å². The van der Waals surface area contributed by atoms with Crippen LogP contribution in [0.2, 0.25) is 0 Å². The normalized spacial score (nSPS) is 8.46. The Morgan fingerprint density at radius 3 is 1.62 bits per heavy atom. The van der Waals surface area contributed by atoms with Crippen LogP contribution in [0, 0.1) is 0 Å². The highest BCUT2D eigenvalue weighted by molar-refractivity contribution is 5.75. The van der Waals surface area contributed by atoms with Gasteiger partial charge in [-0.2, -0.15) is 0 Å². The number of carbonyl (C=O) groups is 2. The fraction of sp³-hybridized carbons (Fsp3) is 0.750. The fourth-order valence-electron chi connectivity index (χ4n) is 0.418. The first-order chi connectivity index (χ1) is 6.04. The van der Waals surface area contributed by atoms with Crippen molar-refractivity contribution < 1.29 is 19.8 Å². The molecule has 0 heterocycles. The molecule has 0 aliphatic heterocycles. The van der Waals surface area contributed by atoms with Gasteiger partial charge in [0.2, 0.25) is 0 Å². The Bertz CT molecular complexity index is 131. The van der Waals surface area contributed by atoms with E-state index in [2.05, 4.69) is 6.92 Å². The standard InChI is InChI=1S/C4H11N.C4H6O4/c1-2-3-4-5;5-3(6)1-2-4(7)8/h2-5H2,1H3;1-2H2,(H,5,6)(H,7,8). The maximum absolute atomic E-state index is 9.64. The molecule has 0 spiro atoms. The van der Waals surface area contributed by atoms with E-state index in [0.717, 1.165) is 6.54 Å². The number of unbranched alkanes of at least 4 members (excludes halogenated alkanes) is 1. The second-order valence-corrected chi connectivity index (χ2v) is 2.43. The SMILES string of the molecule is CCCCN.O=C(O)CCC(=O)O. The van der Waals surface area contributed by atoms with Crippen molar-refractivity contribution in [3.63, 3.8) is 0 Å². The van der Waals surface area contributed by atoms with Crippen LogP contribution in [0.25, 0.3) is 0 Å². The van der Waals surface area contributed by atoms with Crippen LogP contribution in [-0.2, 0) is 9.59 Å². The third-order valence-corrected chi connectivity index (χ3v) is 1.11. The molecule has 0 rings (SSSR count). The highest BCUT2D eigenvalue weighted by Crippen LogP contribution is 1.86. The molecule has 0 bridgehead atoms. The van der Waals surface area contributed by atoms with Gasteiger partial charge in [-0.25, -0.2) is 0 Å². The minimum Gasteiger partial charge on any atom is -0.481 e. The average Bonchev–Trinajstić information content (AvgIpc) is 2.03. The molecule has 0 atom stereocenters. The Balaban J connectivity index is 0. The number of hydrogen-bond donors (Lipinski definition) is 3. The lowest BCUT2D eigenvalue weighted by Gasteiger charge is -1.85. The molecule has 0 aromatic heterocycles. The summed E-state index contributed by atoms with van der Waals surface area (Å²) in [5.74, 6) is -2.15. The maximum Gasteiger partial charge on any atom is 0.303 e. The molecule has 0 radical (unpaired) electrons. The summed E-state index contributed by atoms with van der Waals surface area (Å²) < 4.78 is 0. The molecule has 0 saturated heterocycles. The van der Waals surface area contributed by atoms with Gasteiger partial charge in [0.05, 0.1) is 12.8 Å². The topological polar surface area (TPSA) is 101 Å². The van der Waals surface area contributed by atoms with E-state index in [1.165, 1.54) is 12.8 Å². The van der Waals surface area contributed by atoms with Crippen molar-refractivity contribution in [3.8, 4) is 0 Å². The number of hydrogen-bond acceptors (Lipinski definition) is 3. The molecule has 0 aliphatic carbocycles. The summed E-state index contributed by atoms with van der Waals surface area (Å²) in [5, 5.41) is 15.8. The molecule has 5 heteroatoms. The molecule has 0 aromatic carbocycles. The summed E-state index contributed by atoms with van der Waals surface area (Å²) >= 11 is 0. The zero-order valence-corrected chi connectivity index (χ0v) is 7.82. The Kier molecular flexibility index (Phi) is 12.1. The summed E-state index contributed by atoms with van der Waals surface area (Å²) in [5.41, 5.74) is 5.14. The van der Waals surface area contributed by atoms with Crippen LogP contribution in [0.15, 0.2) is 0 Å². The smallest absolute Gasteiger partial charge is 0.303 e. The highest BCUT2D eigenvalue weighted by Gasteiger charge is 2.00. The van der Waals surface area contributed by atoms with Crippen LogP contribution >= 0.6 is 0 Å². The number of aliphatic carboxylic acids is 2. The van der Waals surface area contributed by atoms with E-state index in [-0.39, 0.29) is 12.8 Å². The molecule has 0 aromatic rings. The fourth-order valence-corrected chi connectivity index (χ4v) is 0.418.